The van der Waals surface area contributed by atoms with Crippen LogP contribution in [0.5, 0.6) is 0 Å². The maximum atomic E-state index is 8.27. The first kappa shape index (κ1) is 7.48. The molecule has 2 nitrogen and oxygen atoms in total. The Labute approximate surface area is 53.0 Å². The Bertz CT molecular complexity index is 116. The minimum Gasteiger partial charge on any atom is -0.395 e. The molecule has 0 radical (unpaired) electrons. The fourth-order valence-corrected chi connectivity index (χ4v) is 0.281. The highest BCUT2D eigenvalue weighted by atomic mass is 35.5. The zero-order valence-corrected chi connectivity index (χ0v) is 4.97. The predicted molar refractivity (Wildman–Crippen MR) is 31.5 cm³/mol. The van der Waals surface area contributed by atoms with E-state index in [-0.39, 0.29) is 6.61 Å². The van der Waals surface area contributed by atoms with Crippen LogP contribution in [0.4, 0.5) is 0 Å². The van der Waals surface area contributed by atoms with Crippen LogP contribution in [0.1, 0.15) is 0 Å². The van der Waals surface area contributed by atoms with E-state index in [0.29, 0.717) is 0 Å². The summed E-state index contributed by atoms with van der Waals surface area (Å²) < 4.78 is 0. The van der Waals surface area contributed by atoms with Crippen molar-refractivity contribution in [2.45, 2.75) is 5.38 Å². The van der Waals surface area contributed by atoms with Crippen molar-refractivity contribution in [1.82, 2.24) is 0 Å². The van der Waals surface area contributed by atoms with Crippen LogP contribution in [0.3, 0.4) is 0 Å². The fourth-order valence-electron chi connectivity index (χ4n) is 0.208. The van der Waals surface area contributed by atoms with Gasteiger partial charge in [-0.25, -0.2) is 0 Å². The molecular formula is C5H6ClNO. The summed E-state index contributed by atoms with van der Waals surface area (Å²) in [5, 5.41) is 15.8. The Morgan fingerprint density at radius 1 is 1.88 bits per heavy atom. The smallest absolute Gasteiger partial charge is 0.0909 e. The van der Waals surface area contributed by atoms with Gasteiger partial charge in [0.05, 0.1) is 18.1 Å². The van der Waals surface area contributed by atoms with Crippen molar-refractivity contribution < 1.29 is 5.11 Å². The Kier molecular flexibility index (Phi) is 4.33. The summed E-state index contributed by atoms with van der Waals surface area (Å²) in [6.07, 6.45) is 2.68. The number of allylic oxidation sites excluding steroid dienone is 1. The number of hydrogen-bond acceptors (Lipinski definition) is 2. The lowest BCUT2D eigenvalue weighted by Gasteiger charge is -1.91. The first-order valence-electron chi connectivity index (χ1n) is 2.12. The standard InChI is InChI=1S/C5H6ClNO/c6-5(4-8)2-1-3-7/h1-2,5,8H,4H2/b2-1-/t5-/m0/s1. The van der Waals surface area contributed by atoms with Crippen LogP contribution in [0.15, 0.2) is 12.2 Å². The van der Waals surface area contributed by atoms with Crippen molar-refractivity contribution in [2.75, 3.05) is 6.61 Å². The lowest BCUT2D eigenvalue weighted by molar-refractivity contribution is 0.305. The molecule has 0 bridgehead atoms. The minimum absolute atomic E-state index is 0.125. The molecule has 0 saturated carbocycles. The quantitative estimate of drug-likeness (QED) is 0.442. The highest BCUT2D eigenvalue weighted by Crippen LogP contribution is 1.93. The van der Waals surface area contributed by atoms with Gasteiger partial charge in [-0.15, -0.1) is 11.6 Å². The molecule has 0 amide bonds. The summed E-state index contributed by atoms with van der Waals surface area (Å²) >= 11 is 5.36. The molecule has 0 aromatic heterocycles. The van der Waals surface area contributed by atoms with Gasteiger partial charge in [-0.2, -0.15) is 5.26 Å². The van der Waals surface area contributed by atoms with Gasteiger partial charge in [-0.05, 0) is 0 Å². The first-order chi connectivity index (χ1) is 3.81. The topological polar surface area (TPSA) is 44.0 Å². The van der Waals surface area contributed by atoms with Gasteiger partial charge in [-0.3, -0.25) is 0 Å². The number of nitrogens with zero attached hydrogens (tertiary/aromatic N) is 1. The average molecular weight is 132 g/mol. The molecule has 0 saturated heterocycles. The largest absolute Gasteiger partial charge is 0.395 e. The monoisotopic (exact) mass is 131 g/mol. The van der Waals surface area contributed by atoms with Crippen LogP contribution in [-0.2, 0) is 0 Å². The molecule has 0 heterocycles. The van der Waals surface area contributed by atoms with Crippen LogP contribution >= 0.6 is 11.6 Å². The van der Waals surface area contributed by atoms with Gasteiger partial charge in [0.25, 0.3) is 0 Å². The summed E-state index contributed by atoms with van der Waals surface area (Å²) in [4.78, 5) is 0. The second kappa shape index (κ2) is 4.63. The van der Waals surface area contributed by atoms with E-state index >= 15 is 0 Å². The van der Waals surface area contributed by atoms with Crippen molar-refractivity contribution in [3.8, 4) is 6.07 Å². The molecule has 0 aliphatic carbocycles. The highest BCUT2D eigenvalue weighted by molar-refractivity contribution is 6.21. The molecule has 0 rings (SSSR count). The molecule has 0 aliphatic heterocycles. The molecule has 0 fully saturated rings. The predicted octanol–water partition coefficient (Wildman–Crippen LogP) is 0.666. The van der Waals surface area contributed by atoms with E-state index in [1.165, 1.54) is 12.2 Å². The normalized spacial score (nSPS) is 13.6. The van der Waals surface area contributed by atoms with Gasteiger partial charge in [0, 0.05) is 6.08 Å². The van der Waals surface area contributed by atoms with Gasteiger partial charge in [-0.1, -0.05) is 6.08 Å². The Hall–Kier alpha value is -0.520. The first-order valence-corrected chi connectivity index (χ1v) is 2.56. The third-order valence-electron chi connectivity index (χ3n) is 0.554. The second-order valence-corrected chi connectivity index (χ2v) is 1.75. The van der Waals surface area contributed by atoms with Gasteiger partial charge in [0.2, 0.25) is 0 Å². The number of alkyl halides is 1. The van der Waals surface area contributed by atoms with E-state index in [1.54, 1.807) is 6.07 Å². The maximum Gasteiger partial charge on any atom is 0.0909 e. The van der Waals surface area contributed by atoms with Gasteiger partial charge in [0.1, 0.15) is 0 Å². The van der Waals surface area contributed by atoms with E-state index in [2.05, 4.69) is 0 Å². The number of halogens is 1. The number of nitriles is 1. The summed E-state index contributed by atoms with van der Waals surface area (Å²) in [5.74, 6) is 0. The number of aliphatic hydroxyl groups is 1. The number of rotatable bonds is 2. The van der Waals surface area contributed by atoms with E-state index in [4.69, 9.17) is 22.0 Å². The van der Waals surface area contributed by atoms with Crippen molar-refractivity contribution in [1.29, 1.82) is 5.26 Å². The van der Waals surface area contributed by atoms with Crippen molar-refractivity contribution in [3.63, 3.8) is 0 Å². The van der Waals surface area contributed by atoms with Crippen LogP contribution in [0.25, 0.3) is 0 Å². The summed E-state index contributed by atoms with van der Waals surface area (Å²) in [5.41, 5.74) is 0. The van der Waals surface area contributed by atoms with Crippen LogP contribution in [0.2, 0.25) is 0 Å². The molecule has 0 aromatic carbocycles. The van der Waals surface area contributed by atoms with Crippen LogP contribution < -0.4 is 0 Å². The number of hydrogen-bond donors (Lipinski definition) is 1. The molecule has 0 aliphatic rings. The molecular weight excluding hydrogens is 126 g/mol. The summed E-state index contributed by atoms with van der Waals surface area (Å²) in [7, 11) is 0. The zero-order valence-electron chi connectivity index (χ0n) is 4.21. The molecule has 1 N–H and O–H groups in total. The third kappa shape index (κ3) is 3.66. The molecule has 1 atom stereocenters. The minimum atomic E-state index is -0.422. The lowest BCUT2D eigenvalue weighted by atomic mass is 10.4. The Morgan fingerprint density at radius 2 is 2.50 bits per heavy atom. The fraction of sp³-hybridized carbons (Fsp3) is 0.400. The van der Waals surface area contributed by atoms with Crippen molar-refractivity contribution >= 4 is 11.6 Å². The van der Waals surface area contributed by atoms with E-state index < -0.39 is 5.38 Å². The van der Waals surface area contributed by atoms with Crippen molar-refractivity contribution in [2.24, 2.45) is 0 Å². The maximum absolute atomic E-state index is 8.27. The van der Waals surface area contributed by atoms with Crippen LogP contribution in [-0.4, -0.2) is 17.1 Å². The molecule has 0 aromatic rings. The zero-order chi connectivity index (χ0) is 6.41. The van der Waals surface area contributed by atoms with Gasteiger partial charge < -0.3 is 5.11 Å². The Morgan fingerprint density at radius 3 is 2.88 bits per heavy atom. The summed E-state index contributed by atoms with van der Waals surface area (Å²) in [6, 6.07) is 1.76. The second-order valence-electron chi connectivity index (χ2n) is 1.19. The average Bonchev–Trinajstić information content (AvgIpc) is 1.83. The van der Waals surface area contributed by atoms with E-state index in [1.807, 2.05) is 0 Å². The Balaban J connectivity index is 3.40. The van der Waals surface area contributed by atoms with E-state index in [0.717, 1.165) is 0 Å². The third-order valence-corrected chi connectivity index (χ3v) is 0.837. The van der Waals surface area contributed by atoms with Crippen LogP contribution in [0, 0.1) is 11.3 Å². The van der Waals surface area contributed by atoms with Gasteiger partial charge in [0.15, 0.2) is 0 Å². The molecule has 0 unspecified atom stereocenters. The molecule has 44 valence electrons. The summed E-state index contributed by atoms with van der Waals surface area (Å²) in [6.45, 7) is -0.125. The molecule has 8 heavy (non-hydrogen) atoms. The SMILES string of the molecule is N#C/C=C\[C@H](Cl)CO. The number of aliphatic hydroxyl groups excluding tert-OH is 1. The molecule has 3 heteroatoms. The van der Waals surface area contributed by atoms with Gasteiger partial charge >= 0.3 is 0 Å². The lowest BCUT2D eigenvalue weighted by Crippen LogP contribution is -1.98. The van der Waals surface area contributed by atoms with Crippen molar-refractivity contribution in [3.05, 3.63) is 12.2 Å². The molecule has 0 spiro atoms. The van der Waals surface area contributed by atoms with E-state index in [9.17, 15) is 0 Å². The highest BCUT2D eigenvalue weighted by Gasteiger charge is 1.91.